The number of urea groups is 1. The number of unbranched alkanes of at least 4 members (excludes halogenated alkanes) is 4. The standard InChI is InChI=1S/C17H31N3O3/c1-6-7-8-9-10-11-17(5)14(22)20(15(23)19-17)12-13(21)18-16(2,3)4/h6-12H2,1-5H3,(H,18,21)(H,19,23). The zero-order valence-electron chi connectivity index (χ0n) is 15.1. The van der Waals surface area contributed by atoms with Gasteiger partial charge in [0.25, 0.3) is 5.91 Å². The molecular weight excluding hydrogens is 294 g/mol. The molecule has 0 aromatic rings. The van der Waals surface area contributed by atoms with E-state index in [0.717, 1.165) is 24.2 Å². The van der Waals surface area contributed by atoms with E-state index in [1.54, 1.807) is 6.92 Å². The maximum Gasteiger partial charge on any atom is 0.325 e. The lowest BCUT2D eigenvalue weighted by molar-refractivity contribution is -0.135. The van der Waals surface area contributed by atoms with Gasteiger partial charge in [0, 0.05) is 5.54 Å². The van der Waals surface area contributed by atoms with Gasteiger partial charge in [0.1, 0.15) is 12.1 Å². The lowest BCUT2D eigenvalue weighted by Gasteiger charge is -2.23. The van der Waals surface area contributed by atoms with E-state index in [2.05, 4.69) is 17.6 Å². The second kappa shape index (κ2) is 7.79. The molecule has 1 fully saturated rings. The molecule has 6 heteroatoms. The molecule has 0 radical (unpaired) electrons. The van der Waals surface area contributed by atoms with Crippen LogP contribution < -0.4 is 10.6 Å². The Balaban J connectivity index is 2.56. The van der Waals surface area contributed by atoms with Crippen LogP contribution in [0.5, 0.6) is 0 Å². The fraction of sp³-hybridized carbons (Fsp3) is 0.824. The summed E-state index contributed by atoms with van der Waals surface area (Å²) in [6, 6.07) is -0.477. The van der Waals surface area contributed by atoms with Gasteiger partial charge in [0.2, 0.25) is 5.91 Å². The van der Waals surface area contributed by atoms with Gasteiger partial charge >= 0.3 is 6.03 Å². The summed E-state index contributed by atoms with van der Waals surface area (Å²) in [5.41, 5.74) is -1.27. The van der Waals surface area contributed by atoms with Crippen LogP contribution >= 0.6 is 0 Å². The van der Waals surface area contributed by atoms with Crippen LogP contribution in [-0.4, -0.2) is 40.4 Å². The van der Waals surface area contributed by atoms with Crippen LogP contribution in [0.15, 0.2) is 0 Å². The lowest BCUT2D eigenvalue weighted by atomic mass is 9.94. The van der Waals surface area contributed by atoms with Gasteiger partial charge in [0.05, 0.1) is 0 Å². The second-order valence-corrected chi connectivity index (χ2v) is 7.62. The molecule has 1 rings (SSSR count). The monoisotopic (exact) mass is 325 g/mol. The Labute approximate surface area is 139 Å². The zero-order chi connectivity index (χ0) is 17.7. The zero-order valence-corrected chi connectivity index (χ0v) is 15.1. The molecule has 1 aliphatic heterocycles. The Kier molecular flexibility index (Phi) is 6.59. The van der Waals surface area contributed by atoms with Crippen molar-refractivity contribution in [1.29, 1.82) is 0 Å². The maximum absolute atomic E-state index is 12.5. The van der Waals surface area contributed by atoms with Crippen molar-refractivity contribution in [2.24, 2.45) is 0 Å². The first-order chi connectivity index (χ1) is 10.6. The van der Waals surface area contributed by atoms with Crippen molar-refractivity contribution in [2.75, 3.05) is 6.54 Å². The van der Waals surface area contributed by atoms with Crippen molar-refractivity contribution < 1.29 is 14.4 Å². The highest BCUT2D eigenvalue weighted by atomic mass is 16.2. The number of rotatable bonds is 8. The van der Waals surface area contributed by atoms with Crippen molar-refractivity contribution >= 4 is 17.8 Å². The highest BCUT2D eigenvalue weighted by molar-refractivity contribution is 6.08. The number of hydrogen-bond acceptors (Lipinski definition) is 3. The van der Waals surface area contributed by atoms with Crippen LogP contribution in [0.1, 0.15) is 73.1 Å². The summed E-state index contributed by atoms with van der Waals surface area (Å²) in [5, 5.41) is 5.51. The van der Waals surface area contributed by atoms with Crippen LogP contribution in [0.3, 0.4) is 0 Å². The fourth-order valence-corrected chi connectivity index (χ4v) is 2.74. The highest BCUT2D eigenvalue weighted by Crippen LogP contribution is 2.24. The van der Waals surface area contributed by atoms with Gasteiger partial charge in [-0.1, -0.05) is 39.0 Å². The summed E-state index contributed by atoms with van der Waals surface area (Å²) >= 11 is 0. The summed E-state index contributed by atoms with van der Waals surface area (Å²) in [4.78, 5) is 37.6. The van der Waals surface area contributed by atoms with E-state index in [1.165, 1.54) is 12.8 Å². The Morgan fingerprint density at radius 2 is 1.78 bits per heavy atom. The summed E-state index contributed by atoms with van der Waals surface area (Å²) in [7, 11) is 0. The van der Waals surface area contributed by atoms with Gasteiger partial charge in [-0.3, -0.25) is 14.5 Å². The summed E-state index contributed by atoms with van der Waals surface area (Å²) < 4.78 is 0. The Morgan fingerprint density at radius 1 is 1.17 bits per heavy atom. The molecule has 1 atom stereocenters. The minimum atomic E-state index is -0.884. The predicted molar refractivity (Wildman–Crippen MR) is 89.9 cm³/mol. The minimum Gasteiger partial charge on any atom is -0.350 e. The second-order valence-electron chi connectivity index (χ2n) is 7.62. The number of nitrogens with zero attached hydrogens (tertiary/aromatic N) is 1. The molecule has 1 unspecified atom stereocenters. The molecule has 1 heterocycles. The largest absolute Gasteiger partial charge is 0.350 e. The van der Waals surface area contributed by atoms with Crippen LogP contribution in [0.2, 0.25) is 0 Å². The first-order valence-corrected chi connectivity index (χ1v) is 8.54. The van der Waals surface area contributed by atoms with Gasteiger partial charge in [-0.2, -0.15) is 0 Å². The lowest BCUT2D eigenvalue weighted by Crippen LogP contribution is -2.48. The molecule has 2 N–H and O–H groups in total. The number of carbonyl (C=O) groups excluding carboxylic acids is 3. The molecule has 23 heavy (non-hydrogen) atoms. The first kappa shape index (κ1) is 19.5. The quantitative estimate of drug-likeness (QED) is 0.532. The number of imide groups is 1. The fourth-order valence-electron chi connectivity index (χ4n) is 2.74. The van der Waals surface area contributed by atoms with Gasteiger partial charge in [-0.05, 0) is 34.1 Å². The van der Waals surface area contributed by atoms with Gasteiger partial charge in [-0.25, -0.2) is 4.79 Å². The molecule has 0 spiro atoms. The summed E-state index contributed by atoms with van der Waals surface area (Å²) in [5.74, 6) is -0.629. The molecule has 0 aromatic carbocycles. The van der Waals surface area contributed by atoms with Gasteiger partial charge < -0.3 is 10.6 Å². The van der Waals surface area contributed by atoms with Crippen molar-refractivity contribution in [3.63, 3.8) is 0 Å². The number of amides is 4. The van der Waals surface area contributed by atoms with E-state index >= 15 is 0 Å². The molecule has 1 saturated heterocycles. The SMILES string of the molecule is CCCCCCCC1(C)NC(=O)N(CC(=O)NC(C)(C)C)C1=O. The predicted octanol–water partition coefficient (Wildman–Crippen LogP) is 2.57. The third-order valence-electron chi connectivity index (χ3n) is 3.94. The van der Waals surface area contributed by atoms with Crippen LogP contribution in [0.25, 0.3) is 0 Å². The minimum absolute atomic E-state index is 0.229. The smallest absolute Gasteiger partial charge is 0.325 e. The van der Waals surface area contributed by atoms with Crippen LogP contribution in [-0.2, 0) is 9.59 Å². The Bertz CT molecular complexity index is 456. The molecule has 0 bridgehead atoms. The van der Waals surface area contributed by atoms with Crippen molar-refractivity contribution in [3.8, 4) is 0 Å². The molecule has 6 nitrogen and oxygen atoms in total. The van der Waals surface area contributed by atoms with E-state index in [4.69, 9.17) is 0 Å². The highest BCUT2D eigenvalue weighted by Gasteiger charge is 2.47. The average Bonchev–Trinajstić information content (AvgIpc) is 2.60. The number of nitrogens with one attached hydrogen (secondary N) is 2. The molecule has 1 aliphatic rings. The third-order valence-corrected chi connectivity index (χ3v) is 3.94. The molecule has 0 aliphatic carbocycles. The molecule has 0 aromatic heterocycles. The van der Waals surface area contributed by atoms with E-state index in [-0.39, 0.29) is 23.9 Å². The van der Waals surface area contributed by atoms with Gasteiger partial charge in [0.15, 0.2) is 0 Å². The third kappa shape index (κ3) is 5.84. The first-order valence-electron chi connectivity index (χ1n) is 8.54. The van der Waals surface area contributed by atoms with E-state index in [0.29, 0.717) is 6.42 Å². The summed E-state index contributed by atoms with van der Waals surface area (Å²) in [6.45, 7) is 9.25. The molecule has 0 saturated carbocycles. The van der Waals surface area contributed by atoms with E-state index < -0.39 is 11.6 Å². The topological polar surface area (TPSA) is 78.5 Å². The Hall–Kier alpha value is -1.59. The van der Waals surface area contributed by atoms with Crippen LogP contribution in [0.4, 0.5) is 4.79 Å². The molecule has 132 valence electrons. The maximum atomic E-state index is 12.5. The number of carbonyl (C=O) groups is 3. The van der Waals surface area contributed by atoms with Gasteiger partial charge in [-0.15, -0.1) is 0 Å². The molecule has 4 amide bonds. The average molecular weight is 325 g/mol. The van der Waals surface area contributed by atoms with Crippen molar-refractivity contribution in [2.45, 2.75) is 84.2 Å². The summed E-state index contributed by atoms with van der Waals surface area (Å²) in [6.07, 6.45) is 6.06. The van der Waals surface area contributed by atoms with Crippen molar-refractivity contribution in [3.05, 3.63) is 0 Å². The van der Waals surface area contributed by atoms with E-state index in [9.17, 15) is 14.4 Å². The molecular formula is C17H31N3O3. The van der Waals surface area contributed by atoms with Crippen molar-refractivity contribution in [1.82, 2.24) is 15.5 Å². The normalized spacial score (nSPS) is 21.5. The number of hydrogen-bond donors (Lipinski definition) is 2. The Morgan fingerprint density at radius 3 is 2.35 bits per heavy atom. The van der Waals surface area contributed by atoms with E-state index in [1.807, 2.05) is 20.8 Å². The van der Waals surface area contributed by atoms with Crippen LogP contribution in [0, 0.1) is 0 Å².